The number of aromatic nitrogens is 3. The monoisotopic (exact) mass is 394 g/mol. The molecule has 0 aliphatic carbocycles. The number of nitrogens with zero attached hydrogens (tertiary/aromatic N) is 3. The van der Waals surface area contributed by atoms with Gasteiger partial charge in [0, 0.05) is 0 Å². The normalized spacial score (nSPS) is 27.5. The van der Waals surface area contributed by atoms with Crippen molar-refractivity contribution in [1.82, 2.24) is 20.3 Å². The van der Waals surface area contributed by atoms with E-state index in [9.17, 15) is 20.1 Å². The summed E-state index contributed by atoms with van der Waals surface area (Å²) in [6.07, 6.45) is -5.39. The van der Waals surface area contributed by atoms with E-state index in [2.05, 4.69) is 15.6 Å². The summed E-state index contributed by atoms with van der Waals surface area (Å²) >= 11 is 0. The number of carbonyl (C=O) groups excluding carboxylic acids is 1. The molecule has 2 aromatic rings. The van der Waals surface area contributed by atoms with Gasteiger partial charge in [0.15, 0.2) is 6.29 Å². The Morgan fingerprint density at radius 2 is 1.93 bits per heavy atom. The molecule has 11 nitrogen and oxygen atoms in total. The number of benzene rings is 1. The highest BCUT2D eigenvalue weighted by Gasteiger charge is 2.44. The molecule has 11 heteroatoms. The maximum atomic E-state index is 11.9. The number of aliphatic hydroxyl groups is 4. The largest absolute Gasteiger partial charge is 0.394 e. The van der Waals surface area contributed by atoms with E-state index in [1.807, 2.05) is 30.3 Å². The highest BCUT2D eigenvalue weighted by Crippen LogP contribution is 2.21. The van der Waals surface area contributed by atoms with Gasteiger partial charge in [0.05, 0.1) is 25.0 Å². The zero-order valence-electron chi connectivity index (χ0n) is 14.8. The van der Waals surface area contributed by atoms with Crippen LogP contribution in [-0.4, -0.2) is 85.2 Å². The van der Waals surface area contributed by atoms with Crippen LogP contribution in [0.2, 0.25) is 0 Å². The molecule has 0 radical (unpaired) electrons. The Hall–Kier alpha value is -2.41. The molecule has 3 rings (SSSR count). The molecule has 1 saturated heterocycles. The SMILES string of the molecule is O=C(CO[C@H]1O[C@H](CO)[C@@H](O)[C@H](O)[C@H]1O)NCc1cn(-c2ccccc2)nn1. The summed E-state index contributed by atoms with van der Waals surface area (Å²) in [4.78, 5) is 11.9. The second-order valence-electron chi connectivity index (χ2n) is 6.28. The van der Waals surface area contributed by atoms with Gasteiger partial charge in [-0.1, -0.05) is 23.4 Å². The fraction of sp³-hybridized carbons (Fsp3) is 0.471. The lowest BCUT2D eigenvalue weighted by atomic mass is 9.99. The highest BCUT2D eigenvalue weighted by molar-refractivity contribution is 5.77. The topological polar surface area (TPSA) is 159 Å². The molecule has 2 heterocycles. The van der Waals surface area contributed by atoms with Crippen molar-refractivity contribution in [2.45, 2.75) is 37.3 Å². The molecule has 1 aromatic carbocycles. The Morgan fingerprint density at radius 1 is 1.18 bits per heavy atom. The molecule has 5 N–H and O–H groups in total. The zero-order valence-corrected chi connectivity index (χ0v) is 14.8. The summed E-state index contributed by atoms with van der Waals surface area (Å²) in [6, 6.07) is 9.36. The van der Waals surface area contributed by atoms with E-state index in [0.717, 1.165) is 5.69 Å². The molecule has 1 aliphatic rings. The predicted octanol–water partition coefficient (Wildman–Crippen LogP) is -2.30. The molecular formula is C17H22N4O7. The maximum absolute atomic E-state index is 11.9. The van der Waals surface area contributed by atoms with Crippen LogP contribution in [0.5, 0.6) is 0 Å². The fourth-order valence-electron chi connectivity index (χ4n) is 2.69. The third-order valence-corrected chi connectivity index (χ3v) is 4.26. The minimum Gasteiger partial charge on any atom is -0.394 e. The second-order valence-corrected chi connectivity index (χ2v) is 6.28. The number of carbonyl (C=O) groups is 1. The van der Waals surface area contributed by atoms with Crippen LogP contribution in [0.1, 0.15) is 5.69 Å². The smallest absolute Gasteiger partial charge is 0.246 e. The number of para-hydroxylation sites is 1. The van der Waals surface area contributed by atoms with Crippen LogP contribution in [0, 0.1) is 0 Å². The summed E-state index contributed by atoms with van der Waals surface area (Å²) in [5, 5.41) is 48.9. The minimum absolute atomic E-state index is 0.115. The first kappa shape index (κ1) is 20.3. The molecule has 152 valence electrons. The van der Waals surface area contributed by atoms with Crippen molar-refractivity contribution < 1.29 is 34.7 Å². The first-order valence-electron chi connectivity index (χ1n) is 8.65. The molecule has 0 spiro atoms. The average Bonchev–Trinajstić information content (AvgIpc) is 3.20. The Bertz CT molecular complexity index is 770. The summed E-state index contributed by atoms with van der Waals surface area (Å²) in [7, 11) is 0. The lowest BCUT2D eigenvalue weighted by Crippen LogP contribution is -2.59. The number of ether oxygens (including phenoxy) is 2. The number of nitrogens with one attached hydrogen (secondary N) is 1. The molecule has 0 bridgehead atoms. The minimum atomic E-state index is -1.56. The van der Waals surface area contributed by atoms with Crippen LogP contribution in [0.3, 0.4) is 0 Å². The van der Waals surface area contributed by atoms with Gasteiger partial charge in [-0.2, -0.15) is 0 Å². The Morgan fingerprint density at radius 3 is 2.64 bits per heavy atom. The van der Waals surface area contributed by atoms with E-state index in [1.165, 1.54) is 0 Å². The first-order chi connectivity index (χ1) is 13.5. The van der Waals surface area contributed by atoms with Crippen molar-refractivity contribution in [3.8, 4) is 5.69 Å². The van der Waals surface area contributed by atoms with Crippen LogP contribution in [0.25, 0.3) is 5.69 Å². The van der Waals surface area contributed by atoms with Crippen LogP contribution in [0.15, 0.2) is 36.5 Å². The second kappa shape index (κ2) is 9.19. The van der Waals surface area contributed by atoms with Gasteiger partial charge in [-0.05, 0) is 12.1 Å². The standard InChI is InChI=1S/C17H22N4O7/c22-8-12-14(24)15(25)16(26)17(28-12)27-9-13(23)18-6-10-7-21(20-19-10)11-4-2-1-3-5-11/h1-5,7,12,14-17,22,24-26H,6,8-9H2,(H,18,23)/t12-,14-,15+,16-,17+/m1/s1. The van der Waals surface area contributed by atoms with Crippen molar-refractivity contribution in [3.63, 3.8) is 0 Å². The zero-order chi connectivity index (χ0) is 20.1. The molecule has 1 aromatic heterocycles. The Balaban J connectivity index is 1.47. The van der Waals surface area contributed by atoms with E-state index >= 15 is 0 Å². The van der Waals surface area contributed by atoms with Gasteiger partial charge in [-0.15, -0.1) is 5.10 Å². The third-order valence-electron chi connectivity index (χ3n) is 4.26. The number of rotatable bonds is 7. The van der Waals surface area contributed by atoms with E-state index in [-0.39, 0.29) is 6.54 Å². The fourth-order valence-corrected chi connectivity index (χ4v) is 2.69. The van der Waals surface area contributed by atoms with Crippen LogP contribution in [-0.2, 0) is 20.8 Å². The van der Waals surface area contributed by atoms with E-state index in [1.54, 1.807) is 10.9 Å². The summed E-state index contributed by atoms with van der Waals surface area (Å²) in [5.74, 6) is -0.508. The number of hydrogen-bond donors (Lipinski definition) is 5. The third kappa shape index (κ3) is 4.70. The molecule has 1 aliphatic heterocycles. The predicted molar refractivity (Wildman–Crippen MR) is 92.9 cm³/mol. The summed E-state index contributed by atoms with van der Waals surface area (Å²) in [6.45, 7) is -0.923. The lowest BCUT2D eigenvalue weighted by Gasteiger charge is -2.39. The van der Waals surface area contributed by atoms with Crippen molar-refractivity contribution >= 4 is 5.91 Å². The van der Waals surface area contributed by atoms with Gasteiger partial charge in [0.2, 0.25) is 5.91 Å². The van der Waals surface area contributed by atoms with Gasteiger partial charge in [0.1, 0.15) is 36.7 Å². The molecular weight excluding hydrogens is 372 g/mol. The van der Waals surface area contributed by atoms with Gasteiger partial charge in [0.25, 0.3) is 0 Å². The molecule has 0 unspecified atom stereocenters. The molecule has 1 fully saturated rings. The molecule has 28 heavy (non-hydrogen) atoms. The lowest BCUT2D eigenvalue weighted by molar-refractivity contribution is -0.299. The summed E-state index contributed by atoms with van der Waals surface area (Å²) in [5.41, 5.74) is 1.36. The first-order valence-corrected chi connectivity index (χ1v) is 8.65. The number of aliphatic hydroxyl groups excluding tert-OH is 4. The van der Waals surface area contributed by atoms with Crippen molar-refractivity contribution in [2.75, 3.05) is 13.2 Å². The summed E-state index contributed by atoms with van der Waals surface area (Å²) < 4.78 is 11.9. The van der Waals surface area contributed by atoms with Crippen molar-refractivity contribution in [1.29, 1.82) is 0 Å². The number of amides is 1. The van der Waals surface area contributed by atoms with E-state index < -0.39 is 49.8 Å². The van der Waals surface area contributed by atoms with Crippen LogP contribution >= 0.6 is 0 Å². The van der Waals surface area contributed by atoms with Crippen LogP contribution in [0.4, 0.5) is 0 Å². The van der Waals surface area contributed by atoms with E-state index in [0.29, 0.717) is 5.69 Å². The van der Waals surface area contributed by atoms with Gasteiger partial charge >= 0.3 is 0 Å². The van der Waals surface area contributed by atoms with Crippen LogP contribution < -0.4 is 5.32 Å². The van der Waals surface area contributed by atoms with Gasteiger partial charge < -0.3 is 35.2 Å². The molecule has 0 saturated carbocycles. The van der Waals surface area contributed by atoms with Gasteiger partial charge in [-0.3, -0.25) is 4.79 Å². The quantitative estimate of drug-likeness (QED) is 0.348. The molecule has 1 amide bonds. The Kier molecular flexibility index (Phi) is 6.67. The Labute approximate surface area is 160 Å². The average molecular weight is 394 g/mol. The molecule has 5 atom stereocenters. The number of hydrogen-bond acceptors (Lipinski definition) is 9. The highest BCUT2D eigenvalue weighted by atomic mass is 16.7. The van der Waals surface area contributed by atoms with E-state index in [4.69, 9.17) is 14.6 Å². The van der Waals surface area contributed by atoms with Gasteiger partial charge in [-0.25, -0.2) is 4.68 Å². The maximum Gasteiger partial charge on any atom is 0.246 e. The van der Waals surface area contributed by atoms with Crippen molar-refractivity contribution in [3.05, 3.63) is 42.2 Å². The van der Waals surface area contributed by atoms with Crippen molar-refractivity contribution in [2.24, 2.45) is 0 Å².